The third-order valence-corrected chi connectivity index (χ3v) is 7.37. The summed E-state index contributed by atoms with van der Waals surface area (Å²) in [7, 11) is -2.13. The van der Waals surface area contributed by atoms with E-state index in [0.717, 1.165) is 11.1 Å². The molecule has 0 amide bonds. The van der Waals surface area contributed by atoms with Gasteiger partial charge in [0.1, 0.15) is 5.75 Å². The summed E-state index contributed by atoms with van der Waals surface area (Å²) in [6.07, 6.45) is 2.78. The lowest BCUT2D eigenvalue weighted by Crippen LogP contribution is -2.41. The van der Waals surface area contributed by atoms with Crippen molar-refractivity contribution in [1.82, 2.24) is 9.21 Å². The molecule has 2 saturated heterocycles. The molecular formula is C20H22N4O3S. The highest BCUT2D eigenvalue weighted by molar-refractivity contribution is 7.90. The smallest absolute Gasteiger partial charge is 0.304 e. The first-order valence-corrected chi connectivity index (χ1v) is 10.6. The van der Waals surface area contributed by atoms with Crippen LogP contribution < -0.4 is 9.04 Å². The Labute approximate surface area is 165 Å². The molecule has 146 valence electrons. The molecule has 1 atom stereocenters. The molecule has 2 aromatic carbocycles. The molecule has 2 fully saturated rings. The van der Waals surface area contributed by atoms with Gasteiger partial charge in [-0.15, -0.1) is 0 Å². The van der Waals surface area contributed by atoms with E-state index in [1.807, 2.05) is 48.5 Å². The molecule has 0 radical (unpaired) electrons. The Morgan fingerprint density at radius 3 is 2.54 bits per heavy atom. The molecule has 0 aliphatic carbocycles. The number of anilines is 1. The van der Waals surface area contributed by atoms with E-state index < -0.39 is 10.2 Å². The first-order valence-electron chi connectivity index (χ1n) is 9.22. The molecule has 0 bridgehead atoms. The number of likely N-dealkylation sites (tertiary alicyclic amines) is 1. The second-order valence-electron chi connectivity index (χ2n) is 6.93. The number of nitrogens with zero attached hydrogens (tertiary/aromatic N) is 4. The van der Waals surface area contributed by atoms with Crippen LogP contribution in [-0.2, 0) is 10.2 Å². The van der Waals surface area contributed by atoms with Crippen LogP contribution in [0.2, 0.25) is 0 Å². The zero-order valence-electron chi connectivity index (χ0n) is 15.7. The van der Waals surface area contributed by atoms with Gasteiger partial charge in [-0.3, -0.25) is 4.31 Å². The molecule has 0 N–H and O–H groups in total. The zero-order valence-corrected chi connectivity index (χ0v) is 16.5. The Kier molecular flexibility index (Phi) is 4.87. The van der Waals surface area contributed by atoms with Gasteiger partial charge in [-0.1, -0.05) is 36.4 Å². The van der Waals surface area contributed by atoms with Crippen molar-refractivity contribution in [2.75, 3.05) is 37.6 Å². The minimum atomic E-state index is -3.68. The monoisotopic (exact) mass is 398 g/mol. The molecule has 0 spiro atoms. The number of ether oxygens (including phenoxy) is 1. The quantitative estimate of drug-likeness (QED) is 0.739. The van der Waals surface area contributed by atoms with Gasteiger partial charge in [-0.2, -0.15) is 18.0 Å². The van der Waals surface area contributed by atoms with E-state index in [1.165, 1.54) is 8.61 Å². The summed E-state index contributed by atoms with van der Waals surface area (Å²) in [5, 5.41) is 9.07. The largest absolute Gasteiger partial charge is 0.495 e. The van der Waals surface area contributed by atoms with Crippen LogP contribution in [0, 0.1) is 11.5 Å². The number of benzene rings is 2. The second-order valence-corrected chi connectivity index (χ2v) is 8.74. The van der Waals surface area contributed by atoms with Crippen molar-refractivity contribution in [3.63, 3.8) is 0 Å². The van der Waals surface area contributed by atoms with Crippen molar-refractivity contribution in [3.8, 4) is 23.1 Å². The Morgan fingerprint density at radius 2 is 1.86 bits per heavy atom. The van der Waals surface area contributed by atoms with E-state index in [2.05, 4.69) is 6.19 Å². The fourth-order valence-corrected chi connectivity index (χ4v) is 5.74. The van der Waals surface area contributed by atoms with E-state index in [0.29, 0.717) is 44.0 Å². The van der Waals surface area contributed by atoms with Gasteiger partial charge < -0.3 is 9.64 Å². The topological polar surface area (TPSA) is 76.9 Å². The summed E-state index contributed by atoms with van der Waals surface area (Å²) >= 11 is 0. The van der Waals surface area contributed by atoms with Crippen LogP contribution in [0.5, 0.6) is 5.75 Å². The zero-order chi connectivity index (χ0) is 19.7. The van der Waals surface area contributed by atoms with Crippen LogP contribution in [0.25, 0.3) is 11.1 Å². The van der Waals surface area contributed by atoms with E-state index >= 15 is 0 Å². The van der Waals surface area contributed by atoms with E-state index in [9.17, 15) is 8.42 Å². The second kappa shape index (κ2) is 7.34. The van der Waals surface area contributed by atoms with Crippen molar-refractivity contribution in [2.24, 2.45) is 0 Å². The molecule has 4 rings (SSSR count). The fourth-order valence-electron chi connectivity index (χ4n) is 3.93. The molecule has 2 aliphatic heterocycles. The highest BCUT2D eigenvalue weighted by Crippen LogP contribution is 2.38. The normalized spacial score (nSPS) is 21.6. The van der Waals surface area contributed by atoms with Gasteiger partial charge in [0.25, 0.3) is 0 Å². The maximum absolute atomic E-state index is 13.3. The minimum Gasteiger partial charge on any atom is -0.495 e. The molecule has 0 aromatic heterocycles. The first-order chi connectivity index (χ1) is 13.5. The van der Waals surface area contributed by atoms with Crippen LogP contribution in [0.15, 0.2) is 48.5 Å². The van der Waals surface area contributed by atoms with Gasteiger partial charge in [0, 0.05) is 32.2 Å². The van der Waals surface area contributed by atoms with E-state index in [4.69, 9.17) is 10.00 Å². The van der Waals surface area contributed by atoms with Gasteiger partial charge in [0.2, 0.25) is 0 Å². The molecule has 1 unspecified atom stereocenters. The summed E-state index contributed by atoms with van der Waals surface area (Å²) in [6.45, 7) is 1.82. The molecule has 28 heavy (non-hydrogen) atoms. The molecule has 2 aliphatic rings. The predicted molar refractivity (Wildman–Crippen MR) is 107 cm³/mol. The van der Waals surface area contributed by atoms with Crippen molar-refractivity contribution in [1.29, 1.82) is 5.26 Å². The Bertz CT molecular complexity index is 1000. The number of nitriles is 1. The molecule has 7 nitrogen and oxygen atoms in total. The summed E-state index contributed by atoms with van der Waals surface area (Å²) in [5.41, 5.74) is 2.49. The average Bonchev–Trinajstić information content (AvgIpc) is 3.31. The van der Waals surface area contributed by atoms with Crippen LogP contribution in [0.3, 0.4) is 0 Å². The number of hydrogen-bond acceptors (Lipinski definition) is 5. The molecule has 8 heteroatoms. The standard InChI is InChI=1S/C20H22N4O3S/c1-27-20-8-7-17(16-5-3-2-4-6-16)13-19(20)24-12-11-23(28(24,25)26)18-9-10-22(14-18)15-21/h2-8,13,18H,9-12,14H2,1H3. The van der Waals surface area contributed by atoms with Crippen molar-refractivity contribution in [3.05, 3.63) is 48.5 Å². The maximum Gasteiger partial charge on any atom is 0.304 e. The Morgan fingerprint density at radius 1 is 1.07 bits per heavy atom. The first kappa shape index (κ1) is 18.6. The third kappa shape index (κ3) is 3.17. The highest BCUT2D eigenvalue weighted by atomic mass is 32.2. The van der Waals surface area contributed by atoms with Crippen LogP contribution >= 0.6 is 0 Å². The molecule has 2 aromatic rings. The van der Waals surface area contributed by atoms with Crippen LogP contribution in [0.4, 0.5) is 5.69 Å². The average molecular weight is 398 g/mol. The van der Waals surface area contributed by atoms with Crippen molar-refractivity contribution in [2.45, 2.75) is 12.5 Å². The van der Waals surface area contributed by atoms with Crippen molar-refractivity contribution >= 4 is 15.9 Å². The van der Waals surface area contributed by atoms with Gasteiger partial charge in [0.15, 0.2) is 6.19 Å². The minimum absolute atomic E-state index is 0.169. The SMILES string of the molecule is COc1ccc(-c2ccccc2)cc1N1CCN(C2CCN(C#N)C2)S1(=O)=O. The lowest BCUT2D eigenvalue weighted by Gasteiger charge is -2.25. The van der Waals surface area contributed by atoms with E-state index in [1.54, 1.807) is 12.0 Å². The lowest BCUT2D eigenvalue weighted by molar-refractivity contribution is 0.345. The predicted octanol–water partition coefficient (Wildman–Crippen LogP) is 2.28. The van der Waals surface area contributed by atoms with Gasteiger partial charge >= 0.3 is 10.2 Å². The van der Waals surface area contributed by atoms with Gasteiger partial charge in [-0.05, 0) is 29.7 Å². The number of rotatable bonds is 4. The lowest BCUT2D eigenvalue weighted by atomic mass is 10.0. The van der Waals surface area contributed by atoms with Gasteiger partial charge in [-0.25, -0.2) is 0 Å². The Hall–Kier alpha value is -2.76. The fraction of sp³-hybridized carbons (Fsp3) is 0.350. The van der Waals surface area contributed by atoms with Crippen molar-refractivity contribution < 1.29 is 13.2 Å². The highest BCUT2D eigenvalue weighted by Gasteiger charge is 2.44. The summed E-state index contributed by atoms with van der Waals surface area (Å²) < 4.78 is 35.0. The number of methoxy groups -OCH3 is 1. The molecule has 2 heterocycles. The molecule has 0 saturated carbocycles. The van der Waals surface area contributed by atoms with Gasteiger partial charge in [0.05, 0.1) is 12.8 Å². The maximum atomic E-state index is 13.3. The summed E-state index contributed by atoms with van der Waals surface area (Å²) in [6, 6.07) is 15.3. The van der Waals surface area contributed by atoms with E-state index in [-0.39, 0.29) is 6.04 Å². The van der Waals surface area contributed by atoms with Crippen LogP contribution in [-0.4, -0.2) is 57.0 Å². The summed E-state index contributed by atoms with van der Waals surface area (Å²) in [5.74, 6) is 0.523. The summed E-state index contributed by atoms with van der Waals surface area (Å²) in [4.78, 5) is 1.61. The number of hydrogen-bond donors (Lipinski definition) is 0. The van der Waals surface area contributed by atoms with Crippen LogP contribution in [0.1, 0.15) is 6.42 Å². The third-order valence-electron chi connectivity index (χ3n) is 5.37. The Balaban J connectivity index is 1.68. The molecular weight excluding hydrogens is 376 g/mol.